The zero-order chi connectivity index (χ0) is 14.1. The van der Waals surface area contributed by atoms with Gasteiger partial charge in [-0.1, -0.05) is 35.9 Å². The third-order valence-electron chi connectivity index (χ3n) is 3.05. The van der Waals surface area contributed by atoms with Crippen molar-refractivity contribution in [3.63, 3.8) is 0 Å². The van der Waals surface area contributed by atoms with E-state index in [2.05, 4.69) is 6.92 Å². The Balaban J connectivity index is 2.05. The molecule has 0 aliphatic carbocycles. The van der Waals surface area contributed by atoms with Crippen LogP contribution in [-0.4, -0.2) is 4.98 Å². The van der Waals surface area contributed by atoms with Gasteiger partial charge < -0.3 is 5.73 Å². The van der Waals surface area contributed by atoms with Crippen molar-refractivity contribution in [2.45, 2.75) is 6.92 Å². The topological polar surface area (TPSA) is 38.9 Å². The van der Waals surface area contributed by atoms with Crippen molar-refractivity contribution < 1.29 is 0 Å². The summed E-state index contributed by atoms with van der Waals surface area (Å²) in [6, 6.07) is 15.6. The second-order valence-electron chi connectivity index (χ2n) is 4.56. The van der Waals surface area contributed by atoms with Crippen molar-refractivity contribution in [2.75, 3.05) is 5.73 Å². The lowest BCUT2D eigenvalue weighted by Crippen LogP contribution is -1.85. The molecule has 1 aromatic heterocycles. The zero-order valence-electron chi connectivity index (χ0n) is 10.9. The van der Waals surface area contributed by atoms with Crippen LogP contribution >= 0.6 is 22.9 Å². The van der Waals surface area contributed by atoms with Crippen molar-refractivity contribution in [1.82, 2.24) is 4.98 Å². The number of hydrogen-bond donors (Lipinski definition) is 1. The van der Waals surface area contributed by atoms with Gasteiger partial charge in [-0.05, 0) is 31.2 Å². The van der Waals surface area contributed by atoms with Gasteiger partial charge in [0.2, 0.25) is 0 Å². The van der Waals surface area contributed by atoms with Crippen molar-refractivity contribution in [1.29, 1.82) is 0 Å². The Morgan fingerprint density at radius 3 is 2.50 bits per heavy atom. The van der Waals surface area contributed by atoms with Gasteiger partial charge in [0, 0.05) is 26.7 Å². The second-order valence-corrected chi connectivity index (χ2v) is 6.20. The third-order valence-corrected chi connectivity index (χ3v) is 4.32. The Morgan fingerprint density at radius 1 is 1.05 bits per heavy atom. The molecular weight excluding hydrogens is 288 g/mol. The number of nitrogen functional groups attached to an aromatic ring is 1. The van der Waals surface area contributed by atoms with E-state index < -0.39 is 0 Å². The molecule has 2 N–H and O–H groups in total. The highest BCUT2D eigenvalue weighted by atomic mass is 35.5. The van der Waals surface area contributed by atoms with E-state index in [1.165, 1.54) is 4.88 Å². The van der Waals surface area contributed by atoms with Crippen LogP contribution in [0.25, 0.3) is 21.8 Å². The number of rotatable bonds is 2. The van der Waals surface area contributed by atoms with Gasteiger partial charge in [0.1, 0.15) is 5.01 Å². The van der Waals surface area contributed by atoms with Crippen LogP contribution < -0.4 is 5.73 Å². The molecule has 0 fully saturated rings. The Morgan fingerprint density at radius 2 is 1.80 bits per heavy atom. The van der Waals surface area contributed by atoms with E-state index in [0.717, 1.165) is 32.5 Å². The lowest BCUT2D eigenvalue weighted by atomic mass is 10.1. The highest BCUT2D eigenvalue weighted by molar-refractivity contribution is 7.15. The number of nitrogens with zero attached hydrogens (tertiary/aromatic N) is 1. The van der Waals surface area contributed by atoms with E-state index in [1.807, 2.05) is 48.5 Å². The maximum absolute atomic E-state index is 5.93. The number of nitrogens with two attached hydrogens (primary N) is 1. The summed E-state index contributed by atoms with van der Waals surface area (Å²) in [6.45, 7) is 2.08. The van der Waals surface area contributed by atoms with Gasteiger partial charge in [0.15, 0.2) is 0 Å². The molecule has 0 bridgehead atoms. The quantitative estimate of drug-likeness (QED) is 0.675. The van der Waals surface area contributed by atoms with E-state index in [-0.39, 0.29) is 0 Å². The Bertz CT molecular complexity index is 747. The second kappa shape index (κ2) is 5.27. The van der Waals surface area contributed by atoms with Crippen LogP contribution in [0.5, 0.6) is 0 Å². The maximum atomic E-state index is 5.93. The van der Waals surface area contributed by atoms with Crippen LogP contribution in [0.1, 0.15) is 4.88 Å². The summed E-state index contributed by atoms with van der Waals surface area (Å²) in [6.07, 6.45) is 0. The molecule has 100 valence electrons. The predicted octanol–water partition coefficient (Wildman–Crippen LogP) is 5.02. The fourth-order valence-electron chi connectivity index (χ4n) is 2.07. The molecule has 0 amide bonds. The van der Waals surface area contributed by atoms with Crippen molar-refractivity contribution in [3.8, 4) is 21.8 Å². The molecule has 1 heterocycles. The Hall–Kier alpha value is -1.84. The number of hydrogen-bond acceptors (Lipinski definition) is 3. The van der Waals surface area contributed by atoms with Gasteiger partial charge in [0.25, 0.3) is 0 Å². The van der Waals surface area contributed by atoms with Crippen LogP contribution in [0.3, 0.4) is 0 Å². The summed E-state index contributed by atoms with van der Waals surface area (Å²) in [4.78, 5) is 5.93. The molecule has 0 saturated heterocycles. The lowest BCUT2D eigenvalue weighted by Gasteiger charge is -1.99. The number of thiazole rings is 1. The maximum Gasteiger partial charge on any atom is 0.124 e. The Kier molecular flexibility index (Phi) is 3.47. The summed E-state index contributed by atoms with van der Waals surface area (Å²) in [5.41, 5.74) is 9.72. The molecule has 0 aliphatic rings. The molecule has 3 aromatic rings. The minimum atomic E-state index is 0.734. The average molecular weight is 301 g/mol. The highest BCUT2D eigenvalue weighted by Crippen LogP contribution is 2.34. The first kappa shape index (κ1) is 13.2. The van der Waals surface area contributed by atoms with E-state index in [9.17, 15) is 0 Å². The van der Waals surface area contributed by atoms with Crippen LogP contribution in [0.2, 0.25) is 5.02 Å². The monoisotopic (exact) mass is 300 g/mol. The summed E-state index contributed by atoms with van der Waals surface area (Å²) < 4.78 is 0. The average Bonchev–Trinajstić information content (AvgIpc) is 2.82. The van der Waals surface area contributed by atoms with Crippen LogP contribution in [0.4, 0.5) is 5.69 Å². The molecule has 0 unspecified atom stereocenters. The first-order valence-electron chi connectivity index (χ1n) is 6.23. The molecule has 0 radical (unpaired) electrons. The largest absolute Gasteiger partial charge is 0.399 e. The fourth-order valence-corrected chi connectivity index (χ4v) is 3.13. The molecule has 0 aliphatic heterocycles. The summed E-state index contributed by atoms with van der Waals surface area (Å²) in [5.74, 6) is 0. The van der Waals surface area contributed by atoms with Crippen molar-refractivity contribution in [2.24, 2.45) is 0 Å². The minimum absolute atomic E-state index is 0.734. The van der Waals surface area contributed by atoms with Crippen LogP contribution in [0.15, 0.2) is 48.5 Å². The molecule has 0 spiro atoms. The van der Waals surface area contributed by atoms with Gasteiger partial charge in [-0.2, -0.15) is 0 Å². The van der Waals surface area contributed by atoms with Crippen molar-refractivity contribution in [3.05, 3.63) is 58.4 Å². The van der Waals surface area contributed by atoms with Gasteiger partial charge in [0.05, 0.1) is 5.69 Å². The number of benzene rings is 2. The molecule has 20 heavy (non-hydrogen) atoms. The Labute approximate surface area is 126 Å². The predicted molar refractivity (Wildman–Crippen MR) is 87.1 cm³/mol. The van der Waals surface area contributed by atoms with E-state index in [4.69, 9.17) is 22.3 Å². The molecule has 2 nitrogen and oxygen atoms in total. The third kappa shape index (κ3) is 2.55. The van der Waals surface area contributed by atoms with E-state index in [1.54, 1.807) is 11.3 Å². The molecule has 3 rings (SSSR count). The zero-order valence-corrected chi connectivity index (χ0v) is 12.5. The number of halogens is 1. The standard InChI is InChI=1S/C16H13ClN2S/c1-10-15(11-5-7-13(17)8-6-11)19-16(20-10)12-3-2-4-14(18)9-12/h2-9H,18H2,1H3. The number of anilines is 1. The normalized spacial score (nSPS) is 10.7. The molecule has 4 heteroatoms. The van der Waals surface area contributed by atoms with Gasteiger partial charge in [-0.25, -0.2) is 4.98 Å². The SMILES string of the molecule is Cc1sc(-c2cccc(N)c2)nc1-c1ccc(Cl)cc1. The number of aromatic nitrogens is 1. The lowest BCUT2D eigenvalue weighted by molar-refractivity contribution is 1.37. The van der Waals surface area contributed by atoms with E-state index in [0.29, 0.717) is 0 Å². The summed E-state index contributed by atoms with van der Waals surface area (Å²) >= 11 is 7.60. The van der Waals surface area contributed by atoms with E-state index >= 15 is 0 Å². The van der Waals surface area contributed by atoms with Gasteiger partial charge in [-0.3, -0.25) is 0 Å². The van der Waals surface area contributed by atoms with Crippen molar-refractivity contribution >= 4 is 28.6 Å². The molecule has 2 aromatic carbocycles. The molecule has 0 saturated carbocycles. The first-order valence-corrected chi connectivity index (χ1v) is 7.42. The van der Waals surface area contributed by atoms with Crippen LogP contribution in [-0.2, 0) is 0 Å². The highest BCUT2D eigenvalue weighted by Gasteiger charge is 2.11. The summed E-state index contributed by atoms with van der Waals surface area (Å²) in [5, 5.41) is 1.72. The number of aryl methyl sites for hydroxylation is 1. The minimum Gasteiger partial charge on any atom is -0.399 e. The van der Waals surface area contributed by atoms with Crippen LogP contribution in [0, 0.1) is 6.92 Å². The molecule has 0 atom stereocenters. The fraction of sp³-hybridized carbons (Fsp3) is 0.0625. The smallest absolute Gasteiger partial charge is 0.124 e. The first-order chi connectivity index (χ1) is 9.63. The van der Waals surface area contributed by atoms with Gasteiger partial charge >= 0.3 is 0 Å². The summed E-state index contributed by atoms with van der Waals surface area (Å²) in [7, 11) is 0. The van der Waals surface area contributed by atoms with Gasteiger partial charge in [-0.15, -0.1) is 11.3 Å². The molecular formula is C16H13ClN2S.